The standard InChI is InChI=1S/C11H12O2Si/c1-2-6-11(12)13-14-9-10-7-4-3-5-8-10/h3-8H,1,9,14H2. The average Bonchev–Trinajstić information content (AvgIpc) is 2.20. The van der Waals surface area contributed by atoms with E-state index < -0.39 is 9.76 Å². The number of carbonyl (C=O) groups excluding carboxylic acids is 1. The van der Waals surface area contributed by atoms with E-state index in [2.05, 4.69) is 12.3 Å². The Morgan fingerprint density at radius 2 is 2.21 bits per heavy atom. The van der Waals surface area contributed by atoms with E-state index in [9.17, 15) is 4.79 Å². The van der Waals surface area contributed by atoms with Crippen molar-refractivity contribution in [2.45, 2.75) is 6.04 Å². The molecule has 0 atom stereocenters. The lowest BCUT2D eigenvalue weighted by atomic mass is 10.2. The first-order valence-corrected chi connectivity index (χ1v) is 5.97. The monoisotopic (exact) mass is 204 g/mol. The third kappa shape index (κ3) is 3.89. The molecule has 0 amide bonds. The molecule has 3 heteroatoms. The molecular formula is C11H12O2Si. The first kappa shape index (κ1) is 10.5. The summed E-state index contributed by atoms with van der Waals surface area (Å²) in [5.74, 6) is -0.331. The van der Waals surface area contributed by atoms with Gasteiger partial charge in [0, 0.05) is 0 Å². The van der Waals surface area contributed by atoms with Gasteiger partial charge in [-0.1, -0.05) is 36.9 Å². The molecule has 1 rings (SSSR count). The predicted octanol–water partition coefficient (Wildman–Crippen LogP) is 1.15. The van der Waals surface area contributed by atoms with Gasteiger partial charge < -0.3 is 4.43 Å². The number of rotatable bonds is 4. The summed E-state index contributed by atoms with van der Waals surface area (Å²) in [6.45, 7) is 3.30. The Hall–Kier alpha value is -1.57. The molecule has 0 radical (unpaired) electrons. The Labute approximate surface area is 85.8 Å². The largest absolute Gasteiger partial charge is 0.521 e. The van der Waals surface area contributed by atoms with Crippen molar-refractivity contribution in [3.05, 3.63) is 54.3 Å². The summed E-state index contributed by atoms with van der Waals surface area (Å²) < 4.78 is 5.03. The second-order valence-electron chi connectivity index (χ2n) is 2.75. The zero-order valence-corrected chi connectivity index (χ0v) is 9.32. The highest BCUT2D eigenvalue weighted by Crippen LogP contribution is 1.98. The van der Waals surface area contributed by atoms with Gasteiger partial charge >= 0.3 is 5.97 Å². The van der Waals surface area contributed by atoms with Crippen LogP contribution in [-0.4, -0.2) is 15.7 Å². The fourth-order valence-corrected chi connectivity index (χ4v) is 1.99. The first-order valence-electron chi connectivity index (χ1n) is 4.39. The molecule has 0 saturated heterocycles. The van der Waals surface area contributed by atoms with Crippen LogP contribution in [-0.2, 0) is 15.3 Å². The predicted molar refractivity (Wildman–Crippen MR) is 58.5 cm³/mol. The molecule has 72 valence electrons. The van der Waals surface area contributed by atoms with Crippen molar-refractivity contribution < 1.29 is 9.22 Å². The summed E-state index contributed by atoms with van der Waals surface area (Å²) >= 11 is 0. The summed E-state index contributed by atoms with van der Waals surface area (Å²) in [7, 11) is -0.803. The molecule has 0 fully saturated rings. The molecule has 0 N–H and O–H groups in total. The Balaban J connectivity index is 2.29. The maximum absolute atomic E-state index is 10.9. The lowest BCUT2D eigenvalue weighted by Crippen LogP contribution is -2.08. The molecule has 1 aromatic rings. The van der Waals surface area contributed by atoms with E-state index in [-0.39, 0.29) is 5.97 Å². The lowest BCUT2D eigenvalue weighted by molar-refractivity contribution is -0.128. The van der Waals surface area contributed by atoms with Crippen molar-refractivity contribution in [1.29, 1.82) is 0 Å². The third-order valence-electron chi connectivity index (χ3n) is 1.70. The van der Waals surface area contributed by atoms with Crippen molar-refractivity contribution in [1.82, 2.24) is 0 Å². The SMILES string of the molecule is C=C=CC(=O)O[SiH2]Cc1ccccc1. The zero-order valence-electron chi connectivity index (χ0n) is 7.90. The third-order valence-corrected chi connectivity index (χ3v) is 2.97. The van der Waals surface area contributed by atoms with Crippen molar-refractivity contribution in [3.63, 3.8) is 0 Å². The number of hydrogen-bond acceptors (Lipinski definition) is 2. The molecule has 0 spiro atoms. The van der Waals surface area contributed by atoms with E-state index in [1.54, 1.807) is 0 Å². The smallest absolute Gasteiger partial charge is 0.324 e. The van der Waals surface area contributed by atoms with Crippen LogP contribution < -0.4 is 0 Å². The summed E-state index contributed by atoms with van der Waals surface area (Å²) in [4.78, 5) is 10.9. The van der Waals surface area contributed by atoms with E-state index in [1.807, 2.05) is 30.3 Å². The topological polar surface area (TPSA) is 26.3 Å². The van der Waals surface area contributed by atoms with E-state index in [4.69, 9.17) is 4.43 Å². The highest BCUT2D eigenvalue weighted by molar-refractivity contribution is 6.30. The van der Waals surface area contributed by atoms with Crippen molar-refractivity contribution >= 4 is 15.7 Å². The van der Waals surface area contributed by atoms with Crippen LogP contribution in [0.4, 0.5) is 0 Å². The van der Waals surface area contributed by atoms with Gasteiger partial charge in [0.2, 0.25) is 9.76 Å². The second kappa shape index (κ2) is 5.97. The summed E-state index contributed by atoms with van der Waals surface area (Å²) in [5, 5.41) is 0. The normalized spacial score (nSPS) is 9.71. The van der Waals surface area contributed by atoms with Gasteiger partial charge in [-0.2, -0.15) is 0 Å². The minimum Gasteiger partial charge on any atom is -0.521 e. The van der Waals surface area contributed by atoms with Crippen LogP contribution in [0.15, 0.2) is 48.7 Å². The van der Waals surface area contributed by atoms with Crippen LogP contribution >= 0.6 is 0 Å². The summed E-state index contributed by atoms with van der Waals surface area (Å²) in [6.07, 6.45) is 1.22. The van der Waals surface area contributed by atoms with Gasteiger partial charge in [0.1, 0.15) is 0 Å². The minimum absolute atomic E-state index is 0.331. The van der Waals surface area contributed by atoms with Gasteiger partial charge in [0.05, 0.1) is 6.08 Å². The van der Waals surface area contributed by atoms with Crippen molar-refractivity contribution in [2.75, 3.05) is 0 Å². The lowest BCUT2D eigenvalue weighted by Gasteiger charge is -2.00. The zero-order chi connectivity index (χ0) is 10.2. The van der Waals surface area contributed by atoms with E-state index in [0.29, 0.717) is 0 Å². The van der Waals surface area contributed by atoms with Crippen molar-refractivity contribution in [2.24, 2.45) is 0 Å². The molecule has 14 heavy (non-hydrogen) atoms. The number of hydrogen-bond donors (Lipinski definition) is 0. The fourth-order valence-electron chi connectivity index (χ4n) is 1.04. The van der Waals surface area contributed by atoms with Crippen LogP contribution in [0.1, 0.15) is 5.56 Å². The van der Waals surface area contributed by atoms with Gasteiger partial charge in [-0.25, -0.2) is 4.79 Å². The van der Waals surface area contributed by atoms with E-state index in [1.165, 1.54) is 11.6 Å². The Kier molecular flexibility index (Phi) is 4.48. The average molecular weight is 204 g/mol. The maximum atomic E-state index is 10.9. The van der Waals surface area contributed by atoms with Crippen LogP contribution in [0.3, 0.4) is 0 Å². The molecule has 0 heterocycles. The first-order chi connectivity index (χ1) is 6.83. The van der Waals surface area contributed by atoms with Crippen LogP contribution in [0.5, 0.6) is 0 Å². The molecule has 0 unspecified atom stereocenters. The second-order valence-corrected chi connectivity index (χ2v) is 3.95. The molecule has 2 nitrogen and oxygen atoms in total. The molecular weight excluding hydrogens is 192 g/mol. The van der Waals surface area contributed by atoms with Gasteiger partial charge in [-0.3, -0.25) is 0 Å². The van der Waals surface area contributed by atoms with Gasteiger partial charge in [0.15, 0.2) is 0 Å². The molecule has 0 aromatic heterocycles. The van der Waals surface area contributed by atoms with Gasteiger partial charge in [-0.05, 0) is 11.6 Å². The molecule has 1 aromatic carbocycles. The van der Waals surface area contributed by atoms with E-state index >= 15 is 0 Å². The highest BCUT2D eigenvalue weighted by Gasteiger charge is 1.97. The molecule has 0 bridgehead atoms. The van der Waals surface area contributed by atoms with Gasteiger partial charge in [0.25, 0.3) is 0 Å². The molecule has 0 aliphatic heterocycles. The van der Waals surface area contributed by atoms with Crippen LogP contribution in [0.25, 0.3) is 0 Å². The highest BCUT2D eigenvalue weighted by atomic mass is 28.2. The van der Waals surface area contributed by atoms with Crippen LogP contribution in [0.2, 0.25) is 0 Å². The Morgan fingerprint density at radius 1 is 1.50 bits per heavy atom. The Bertz CT molecular complexity index is 340. The number of carbonyl (C=O) groups is 1. The molecule has 0 saturated carbocycles. The van der Waals surface area contributed by atoms with Gasteiger partial charge in [-0.15, -0.1) is 5.73 Å². The molecule has 0 aliphatic rings. The fraction of sp³-hybridized carbons (Fsp3) is 0.0909. The Morgan fingerprint density at radius 3 is 2.86 bits per heavy atom. The van der Waals surface area contributed by atoms with E-state index in [0.717, 1.165) is 6.04 Å². The number of benzene rings is 1. The quantitative estimate of drug-likeness (QED) is 0.418. The molecule has 0 aliphatic carbocycles. The minimum atomic E-state index is -0.803. The summed E-state index contributed by atoms with van der Waals surface area (Å²) in [5.41, 5.74) is 3.61. The maximum Gasteiger partial charge on any atom is 0.324 e. The summed E-state index contributed by atoms with van der Waals surface area (Å²) in [6, 6.07) is 10.9. The van der Waals surface area contributed by atoms with Crippen LogP contribution in [0, 0.1) is 0 Å². The van der Waals surface area contributed by atoms with Crippen molar-refractivity contribution in [3.8, 4) is 0 Å².